The molecule has 3 nitrogen and oxygen atoms in total. The van der Waals surface area contributed by atoms with E-state index in [2.05, 4.69) is 10.3 Å². The van der Waals surface area contributed by atoms with Gasteiger partial charge in [-0.1, -0.05) is 17.7 Å². The first kappa shape index (κ1) is 13.8. The van der Waals surface area contributed by atoms with Crippen molar-refractivity contribution in [3.8, 4) is 5.75 Å². The van der Waals surface area contributed by atoms with Gasteiger partial charge in [0.05, 0.1) is 6.04 Å². The number of phenols is 1. The highest BCUT2D eigenvalue weighted by Gasteiger charge is 2.28. The molecule has 0 amide bonds. The molecule has 1 rings (SSSR count). The molecule has 0 aromatic heterocycles. The Bertz CT molecular complexity index is 379. The number of alkyl halides is 3. The van der Waals surface area contributed by atoms with Crippen molar-refractivity contribution in [2.24, 2.45) is 0 Å². The number of hydrogen-bond donors (Lipinski definition) is 2. The van der Waals surface area contributed by atoms with E-state index in [1.165, 1.54) is 6.07 Å². The molecule has 0 aliphatic heterocycles. The SMILES string of the molecule is Cc1ccc(O)c(C(C)NOCC(F)(F)F)c1. The molecular weight excluding hydrogens is 235 g/mol. The first-order chi connectivity index (χ1) is 7.79. The lowest BCUT2D eigenvalue weighted by Gasteiger charge is -2.16. The summed E-state index contributed by atoms with van der Waals surface area (Å²) < 4.78 is 35.5. The summed E-state index contributed by atoms with van der Waals surface area (Å²) in [6, 6.07) is 4.36. The highest BCUT2D eigenvalue weighted by atomic mass is 19.4. The highest BCUT2D eigenvalue weighted by Crippen LogP contribution is 2.25. The number of phenolic OH excluding ortho intramolecular Hbond substituents is 1. The van der Waals surface area contributed by atoms with Crippen LogP contribution in [0.1, 0.15) is 24.1 Å². The van der Waals surface area contributed by atoms with Crippen LogP contribution in [0.15, 0.2) is 18.2 Å². The normalized spacial score (nSPS) is 13.7. The van der Waals surface area contributed by atoms with E-state index in [-0.39, 0.29) is 5.75 Å². The summed E-state index contributed by atoms with van der Waals surface area (Å²) in [7, 11) is 0. The lowest BCUT2D eigenvalue weighted by Crippen LogP contribution is -2.26. The average Bonchev–Trinajstić information content (AvgIpc) is 2.19. The van der Waals surface area contributed by atoms with Crippen molar-refractivity contribution in [1.82, 2.24) is 5.48 Å². The molecular formula is C11H14F3NO2. The van der Waals surface area contributed by atoms with E-state index in [9.17, 15) is 18.3 Å². The first-order valence-electron chi connectivity index (χ1n) is 5.03. The third kappa shape index (κ3) is 4.62. The highest BCUT2D eigenvalue weighted by molar-refractivity contribution is 5.37. The van der Waals surface area contributed by atoms with E-state index in [1.54, 1.807) is 19.1 Å². The molecule has 1 aromatic rings. The maximum absolute atomic E-state index is 11.8. The van der Waals surface area contributed by atoms with E-state index in [4.69, 9.17) is 0 Å². The summed E-state index contributed by atoms with van der Waals surface area (Å²) in [5.74, 6) is 0.0196. The number of hydrogen-bond acceptors (Lipinski definition) is 3. The Morgan fingerprint density at radius 2 is 2.06 bits per heavy atom. The molecule has 1 atom stereocenters. The number of aromatic hydroxyl groups is 1. The van der Waals surface area contributed by atoms with Crippen LogP contribution in [-0.4, -0.2) is 17.9 Å². The van der Waals surface area contributed by atoms with Crippen molar-refractivity contribution in [3.05, 3.63) is 29.3 Å². The lowest BCUT2D eigenvalue weighted by atomic mass is 10.1. The molecule has 1 aromatic carbocycles. The van der Waals surface area contributed by atoms with Gasteiger partial charge in [0.15, 0.2) is 6.61 Å². The van der Waals surface area contributed by atoms with Gasteiger partial charge in [0.2, 0.25) is 0 Å². The standard InChI is InChI=1S/C11H14F3NO2/c1-7-3-4-10(16)9(5-7)8(2)15-17-6-11(12,13)14/h3-5,8,15-16H,6H2,1-2H3. The zero-order chi connectivity index (χ0) is 13.1. The van der Waals surface area contributed by atoms with E-state index in [0.717, 1.165) is 5.56 Å². The van der Waals surface area contributed by atoms with Crippen molar-refractivity contribution in [1.29, 1.82) is 0 Å². The van der Waals surface area contributed by atoms with Gasteiger partial charge in [-0.3, -0.25) is 4.84 Å². The zero-order valence-corrected chi connectivity index (χ0v) is 9.51. The zero-order valence-electron chi connectivity index (χ0n) is 9.51. The molecule has 0 fully saturated rings. The predicted molar refractivity (Wildman–Crippen MR) is 56.4 cm³/mol. The van der Waals surface area contributed by atoms with Crippen molar-refractivity contribution < 1.29 is 23.1 Å². The van der Waals surface area contributed by atoms with Crippen LogP contribution in [0.4, 0.5) is 13.2 Å². The molecule has 6 heteroatoms. The summed E-state index contributed by atoms with van der Waals surface area (Å²) in [5.41, 5.74) is 3.64. The van der Waals surface area contributed by atoms with Gasteiger partial charge in [-0.05, 0) is 19.9 Å². The minimum absolute atomic E-state index is 0.0196. The fourth-order valence-corrected chi connectivity index (χ4v) is 1.33. The minimum Gasteiger partial charge on any atom is -0.508 e. The van der Waals surface area contributed by atoms with Crippen LogP contribution in [0.2, 0.25) is 0 Å². The number of benzene rings is 1. The van der Waals surface area contributed by atoms with Gasteiger partial charge in [0, 0.05) is 5.56 Å². The molecule has 0 saturated heterocycles. The van der Waals surface area contributed by atoms with Crippen molar-refractivity contribution in [2.45, 2.75) is 26.1 Å². The molecule has 0 spiro atoms. The first-order valence-corrected chi connectivity index (χ1v) is 5.03. The second-order valence-electron chi connectivity index (χ2n) is 3.81. The Morgan fingerprint density at radius 1 is 1.41 bits per heavy atom. The summed E-state index contributed by atoms with van der Waals surface area (Å²) in [6.45, 7) is 2.06. The largest absolute Gasteiger partial charge is 0.508 e. The van der Waals surface area contributed by atoms with Crippen LogP contribution in [0.25, 0.3) is 0 Å². The van der Waals surface area contributed by atoms with Gasteiger partial charge in [-0.25, -0.2) is 0 Å². The Hall–Kier alpha value is -1.27. The van der Waals surface area contributed by atoms with Crippen molar-refractivity contribution in [3.63, 3.8) is 0 Å². The Balaban J connectivity index is 2.58. The number of nitrogens with one attached hydrogen (secondary N) is 1. The fraction of sp³-hybridized carbons (Fsp3) is 0.455. The summed E-state index contributed by atoms with van der Waals surface area (Å²) in [6.07, 6.45) is -4.37. The lowest BCUT2D eigenvalue weighted by molar-refractivity contribution is -0.192. The molecule has 2 N–H and O–H groups in total. The molecule has 1 unspecified atom stereocenters. The van der Waals surface area contributed by atoms with Gasteiger partial charge < -0.3 is 5.11 Å². The van der Waals surface area contributed by atoms with Crippen molar-refractivity contribution in [2.75, 3.05) is 6.61 Å². The maximum atomic E-state index is 11.8. The van der Waals surface area contributed by atoms with Crippen LogP contribution in [-0.2, 0) is 4.84 Å². The molecule has 17 heavy (non-hydrogen) atoms. The number of hydroxylamine groups is 1. The quantitative estimate of drug-likeness (QED) is 0.806. The Kier molecular flexibility index (Phi) is 4.36. The Morgan fingerprint density at radius 3 is 2.65 bits per heavy atom. The summed E-state index contributed by atoms with van der Waals surface area (Å²) in [5, 5.41) is 9.55. The fourth-order valence-electron chi connectivity index (χ4n) is 1.33. The maximum Gasteiger partial charge on any atom is 0.413 e. The topological polar surface area (TPSA) is 41.5 Å². The summed E-state index contributed by atoms with van der Waals surface area (Å²) in [4.78, 5) is 4.32. The van der Waals surface area contributed by atoms with Crippen LogP contribution in [0.5, 0.6) is 5.75 Å². The van der Waals surface area contributed by atoms with Crippen molar-refractivity contribution >= 4 is 0 Å². The molecule has 0 heterocycles. The average molecular weight is 249 g/mol. The monoisotopic (exact) mass is 249 g/mol. The van der Waals surface area contributed by atoms with Gasteiger partial charge in [-0.15, -0.1) is 0 Å². The molecule has 0 radical (unpaired) electrons. The van der Waals surface area contributed by atoms with E-state index < -0.39 is 18.8 Å². The molecule has 0 aliphatic rings. The van der Waals surface area contributed by atoms with Crippen LogP contribution < -0.4 is 5.48 Å². The third-order valence-corrected chi connectivity index (χ3v) is 2.15. The molecule has 0 aliphatic carbocycles. The van der Waals surface area contributed by atoms with Gasteiger partial charge in [0.1, 0.15) is 5.75 Å². The second kappa shape index (κ2) is 5.37. The predicted octanol–water partition coefficient (Wildman–Crippen LogP) is 2.85. The smallest absolute Gasteiger partial charge is 0.413 e. The van der Waals surface area contributed by atoms with E-state index in [0.29, 0.717) is 5.56 Å². The number of aryl methyl sites for hydroxylation is 1. The molecule has 0 bridgehead atoms. The van der Waals surface area contributed by atoms with E-state index >= 15 is 0 Å². The third-order valence-electron chi connectivity index (χ3n) is 2.15. The van der Waals surface area contributed by atoms with Crippen LogP contribution >= 0.6 is 0 Å². The molecule has 96 valence electrons. The van der Waals surface area contributed by atoms with Gasteiger partial charge in [-0.2, -0.15) is 18.7 Å². The van der Waals surface area contributed by atoms with Gasteiger partial charge in [0.25, 0.3) is 0 Å². The van der Waals surface area contributed by atoms with Crippen LogP contribution in [0.3, 0.4) is 0 Å². The Labute approximate surface area is 97.2 Å². The molecule has 0 saturated carbocycles. The van der Waals surface area contributed by atoms with Gasteiger partial charge >= 0.3 is 6.18 Å². The van der Waals surface area contributed by atoms with E-state index in [1.807, 2.05) is 6.92 Å². The minimum atomic E-state index is -4.37. The summed E-state index contributed by atoms with van der Waals surface area (Å²) >= 11 is 0. The number of rotatable bonds is 4. The number of halogens is 3. The van der Waals surface area contributed by atoms with Crippen LogP contribution in [0, 0.1) is 6.92 Å². The second-order valence-corrected chi connectivity index (χ2v) is 3.81.